The smallest absolute Gasteiger partial charge is 0.321 e. The molecule has 3 amide bonds. The summed E-state index contributed by atoms with van der Waals surface area (Å²) < 4.78 is 6.08. The third-order valence-electron chi connectivity index (χ3n) is 6.32. The fourth-order valence-corrected chi connectivity index (χ4v) is 4.47. The normalized spacial score (nSPS) is 16.8. The number of hydrogen-bond donors (Lipinski definition) is 1. The molecule has 0 unspecified atom stereocenters. The van der Waals surface area contributed by atoms with E-state index in [2.05, 4.69) is 17.4 Å². The highest BCUT2D eigenvalue weighted by Gasteiger charge is 2.24. The first-order valence-corrected chi connectivity index (χ1v) is 11.7. The Labute approximate surface area is 190 Å². The maximum atomic E-state index is 12.7. The van der Waals surface area contributed by atoms with Crippen LogP contribution in [-0.2, 0) is 11.2 Å². The molecule has 6 nitrogen and oxygen atoms in total. The van der Waals surface area contributed by atoms with E-state index in [1.807, 2.05) is 48.2 Å². The molecular formula is C26H33N3O3. The van der Waals surface area contributed by atoms with Crippen molar-refractivity contribution >= 4 is 17.6 Å². The molecule has 1 aliphatic heterocycles. The van der Waals surface area contributed by atoms with Crippen LogP contribution in [0.3, 0.4) is 0 Å². The van der Waals surface area contributed by atoms with E-state index in [1.54, 1.807) is 4.90 Å². The average Bonchev–Trinajstić information content (AvgIpc) is 3.31. The van der Waals surface area contributed by atoms with Crippen LogP contribution in [0.1, 0.15) is 43.2 Å². The van der Waals surface area contributed by atoms with E-state index in [-0.39, 0.29) is 11.9 Å². The quantitative estimate of drug-likeness (QED) is 0.720. The van der Waals surface area contributed by atoms with Gasteiger partial charge in [0.2, 0.25) is 5.91 Å². The Bertz CT molecular complexity index is 931. The topological polar surface area (TPSA) is 61.9 Å². The molecule has 4 rings (SSSR count). The van der Waals surface area contributed by atoms with Gasteiger partial charge in [0.1, 0.15) is 5.75 Å². The van der Waals surface area contributed by atoms with Crippen molar-refractivity contribution < 1.29 is 14.3 Å². The summed E-state index contributed by atoms with van der Waals surface area (Å²) in [5.74, 6) is 1.06. The lowest BCUT2D eigenvalue weighted by atomic mass is 10.1. The fourth-order valence-electron chi connectivity index (χ4n) is 4.47. The van der Waals surface area contributed by atoms with Crippen LogP contribution in [0.2, 0.25) is 0 Å². The second-order valence-electron chi connectivity index (χ2n) is 8.84. The Morgan fingerprint density at radius 2 is 1.69 bits per heavy atom. The first kappa shape index (κ1) is 22.2. The number of amides is 3. The van der Waals surface area contributed by atoms with E-state index in [0.29, 0.717) is 45.1 Å². The predicted molar refractivity (Wildman–Crippen MR) is 126 cm³/mol. The zero-order valence-corrected chi connectivity index (χ0v) is 18.9. The largest absolute Gasteiger partial charge is 0.490 e. The number of nitrogens with one attached hydrogen (secondary N) is 1. The summed E-state index contributed by atoms with van der Waals surface area (Å²) in [5, 5.41) is 2.95. The van der Waals surface area contributed by atoms with E-state index in [9.17, 15) is 9.59 Å². The van der Waals surface area contributed by atoms with Crippen molar-refractivity contribution in [2.24, 2.45) is 0 Å². The van der Waals surface area contributed by atoms with E-state index in [1.165, 1.54) is 12.8 Å². The number of nitrogens with zero attached hydrogens (tertiary/aromatic N) is 2. The summed E-state index contributed by atoms with van der Waals surface area (Å²) in [5.41, 5.74) is 3.03. The van der Waals surface area contributed by atoms with Crippen LogP contribution in [0.25, 0.3) is 0 Å². The van der Waals surface area contributed by atoms with Gasteiger partial charge in [0.15, 0.2) is 0 Å². The maximum Gasteiger partial charge on any atom is 0.321 e. The Hall–Kier alpha value is -3.02. The summed E-state index contributed by atoms with van der Waals surface area (Å²) in [6.07, 6.45) is 6.29. The number of anilines is 1. The highest BCUT2D eigenvalue weighted by atomic mass is 16.5. The lowest BCUT2D eigenvalue weighted by molar-refractivity contribution is -0.132. The molecule has 2 fully saturated rings. The summed E-state index contributed by atoms with van der Waals surface area (Å²) in [7, 11) is 0. The van der Waals surface area contributed by atoms with Crippen molar-refractivity contribution in [2.45, 2.75) is 51.6 Å². The number of carbonyl (C=O) groups excluding carboxylic acids is 2. The molecular weight excluding hydrogens is 402 g/mol. The van der Waals surface area contributed by atoms with Crippen LogP contribution in [-0.4, -0.2) is 54.0 Å². The number of carbonyl (C=O) groups is 2. The van der Waals surface area contributed by atoms with Gasteiger partial charge in [0.25, 0.3) is 0 Å². The molecule has 0 radical (unpaired) electrons. The molecule has 1 saturated heterocycles. The Kier molecular flexibility index (Phi) is 7.30. The number of ether oxygens (including phenoxy) is 1. The van der Waals surface area contributed by atoms with Gasteiger partial charge in [-0.1, -0.05) is 24.3 Å². The standard InChI is InChI=1S/C26H33N3O3/c1-20-6-4-8-22(18-20)27-26(31)29-16-14-28(15-17-29)25(30)13-12-21-7-5-11-24(19-21)32-23-9-2-3-10-23/h4-8,11,18-19,23H,2-3,9-10,12-17H2,1H3,(H,27,31). The number of hydrogen-bond acceptors (Lipinski definition) is 3. The zero-order valence-electron chi connectivity index (χ0n) is 18.9. The minimum Gasteiger partial charge on any atom is -0.490 e. The zero-order chi connectivity index (χ0) is 22.3. The van der Waals surface area contributed by atoms with Crippen LogP contribution >= 0.6 is 0 Å². The third kappa shape index (κ3) is 6.02. The molecule has 6 heteroatoms. The van der Waals surface area contributed by atoms with Gasteiger partial charge in [0, 0.05) is 38.3 Å². The molecule has 1 aliphatic carbocycles. The summed E-state index contributed by atoms with van der Waals surface area (Å²) in [6, 6.07) is 15.8. The van der Waals surface area contributed by atoms with Crippen molar-refractivity contribution in [3.05, 3.63) is 59.7 Å². The highest BCUT2D eigenvalue weighted by molar-refractivity contribution is 5.89. The molecule has 170 valence electrons. The molecule has 2 aromatic rings. The first-order valence-electron chi connectivity index (χ1n) is 11.7. The molecule has 0 aromatic heterocycles. The average molecular weight is 436 g/mol. The van der Waals surface area contributed by atoms with Gasteiger partial charge in [-0.2, -0.15) is 0 Å². The fraction of sp³-hybridized carbons (Fsp3) is 0.462. The third-order valence-corrected chi connectivity index (χ3v) is 6.32. The maximum absolute atomic E-state index is 12.7. The highest BCUT2D eigenvalue weighted by Crippen LogP contribution is 2.25. The summed E-state index contributed by atoms with van der Waals surface area (Å²) >= 11 is 0. The van der Waals surface area contributed by atoms with Gasteiger partial charge in [-0.15, -0.1) is 0 Å². The molecule has 0 spiro atoms. The molecule has 0 atom stereocenters. The van der Waals surface area contributed by atoms with Gasteiger partial charge >= 0.3 is 6.03 Å². The van der Waals surface area contributed by atoms with Crippen LogP contribution in [0, 0.1) is 6.92 Å². The lowest BCUT2D eigenvalue weighted by Gasteiger charge is -2.34. The van der Waals surface area contributed by atoms with Gasteiger partial charge in [-0.3, -0.25) is 4.79 Å². The minimum absolute atomic E-state index is 0.109. The number of rotatable bonds is 6. The van der Waals surface area contributed by atoms with Gasteiger partial charge in [0.05, 0.1) is 6.10 Å². The van der Waals surface area contributed by atoms with Gasteiger partial charge in [-0.25, -0.2) is 4.79 Å². The molecule has 0 bridgehead atoms. The summed E-state index contributed by atoms with van der Waals surface area (Å²) in [4.78, 5) is 28.9. The van der Waals surface area contributed by atoms with Gasteiger partial charge < -0.3 is 19.9 Å². The molecule has 2 aliphatic rings. The molecule has 1 saturated carbocycles. The molecule has 32 heavy (non-hydrogen) atoms. The second kappa shape index (κ2) is 10.5. The van der Waals surface area contributed by atoms with Crippen LogP contribution in [0.5, 0.6) is 5.75 Å². The van der Waals surface area contributed by atoms with Crippen LogP contribution in [0.15, 0.2) is 48.5 Å². The monoisotopic (exact) mass is 435 g/mol. The summed E-state index contributed by atoms with van der Waals surface area (Å²) in [6.45, 7) is 4.25. The number of aryl methyl sites for hydroxylation is 2. The number of urea groups is 1. The molecule has 1 heterocycles. The van der Waals surface area contributed by atoms with Crippen molar-refractivity contribution in [2.75, 3.05) is 31.5 Å². The Balaban J connectivity index is 1.21. The first-order chi connectivity index (χ1) is 15.6. The lowest BCUT2D eigenvalue weighted by Crippen LogP contribution is -2.51. The predicted octanol–water partition coefficient (Wildman–Crippen LogP) is 4.63. The van der Waals surface area contributed by atoms with Crippen LogP contribution < -0.4 is 10.1 Å². The number of benzene rings is 2. The number of piperazine rings is 1. The van der Waals surface area contributed by atoms with Crippen molar-refractivity contribution in [3.8, 4) is 5.75 Å². The molecule has 2 aromatic carbocycles. The SMILES string of the molecule is Cc1cccc(NC(=O)N2CCN(C(=O)CCc3cccc(OC4CCCC4)c3)CC2)c1. The van der Waals surface area contributed by atoms with E-state index in [0.717, 1.165) is 35.4 Å². The van der Waals surface area contributed by atoms with Crippen molar-refractivity contribution in [1.82, 2.24) is 9.80 Å². The van der Waals surface area contributed by atoms with E-state index >= 15 is 0 Å². The van der Waals surface area contributed by atoms with Crippen LogP contribution in [0.4, 0.5) is 10.5 Å². The van der Waals surface area contributed by atoms with E-state index < -0.39 is 0 Å². The van der Waals surface area contributed by atoms with Crippen molar-refractivity contribution in [3.63, 3.8) is 0 Å². The second-order valence-corrected chi connectivity index (χ2v) is 8.84. The molecule has 1 N–H and O–H groups in total. The Morgan fingerprint density at radius 1 is 0.969 bits per heavy atom. The minimum atomic E-state index is -0.109. The van der Waals surface area contributed by atoms with E-state index in [4.69, 9.17) is 4.74 Å². The Morgan fingerprint density at radius 3 is 2.44 bits per heavy atom. The van der Waals surface area contributed by atoms with Crippen molar-refractivity contribution in [1.29, 1.82) is 0 Å². The van der Waals surface area contributed by atoms with Gasteiger partial charge in [-0.05, 0) is 74.4 Å².